The number of nitrogens with one attached hydrogen (secondary N) is 1. The molecule has 42 heavy (non-hydrogen) atoms. The first-order chi connectivity index (χ1) is 20.2. The number of anilines is 1. The molecule has 4 rings (SSSR count). The lowest BCUT2D eigenvalue weighted by Gasteiger charge is -2.30. The third-order valence-corrected chi connectivity index (χ3v) is 7.90. The first-order valence-corrected chi connectivity index (χ1v) is 15.6. The van der Waals surface area contributed by atoms with Crippen molar-refractivity contribution in [3.8, 4) is 0 Å². The van der Waals surface area contributed by atoms with Crippen molar-refractivity contribution in [1.82, 2.24) is 4.90 Å². The van der Waals surface area contributed by atoms with Gasteiger partial charge in [-0.2, -0.15) is 0 Å². The van der Waals surface area contributed by atoms with Gasteiger partial charge < -0.3 is 10.2 Å². The van der Waals surface area contributed by atoms with E-state index in [2.05, 4.69) is 163 Å². The Kier molecular flexibility index (Phi) is 10.6. The maximum Gasteiger partial charge on any atom is 0.204 e. The number of aliphatic imine (C=N–C) groups is 1. The topological polar surface area (TPSA) is 27.6 Å². The molecule has 0 atom stereocenters. The summed E-state index contributed by atoms with van der Waals surface area (Å²) >= 11 is 0. The van der Waals surface area contributed by atoms with Crippen molar-refractivity contribution in [2.75, 3.05) is 5.32 Å². The molecule has 1 N–H and O–H groups in total. The van der Waals surface area contributed by atoms with E-state index in [4.69, 9.17) is 4.99 Å². The molecule has 0 unspecified atom stereocenters. The summed E-state index contributed by atoms with van der Waals surface area (Å²) in [6.07, 6.45) is 0. The van der Waals surface area contributed by atoms with Gasteiger partial charge in [0.2, 0.25) is 5.96 Å². The molecule has 0 amide bonds. The molecule has 0 saturated carbocycles. The molecule has 0 radical (unpaired) electrons. The number of nitrogens with zero attached hydrogens (tertiary/aromatic N) is 2. The minimum Gasteiger partial charge on any atom is -0.334 e. The number of benzene rings is 4. The Balaban J connectivity index is 1.98. The van der Waals surface area contributed by atoms with E-state index in [0.717, 1.165) is 24.7 Å². The van der Waals surface area contributed by atoms with E-state index in [1.165, 1.54) is 39.1 Å². The van der Waals surface area contributed by atoms with Crippen LogP contribution in [-0.2, 0) is 13.1 Å². The molecule has 0 aliphatic heterocycles. The van der Waals surface area contributed by atoms with E-state index >= 15 is 0 Å². The first-order valence-electron chi connectivity index (χ1n) is 15.6. The van der Waals surface area contributed by atoms with E-state index in [9.17, 15) is 0 Å². The summed E-state index contributed by atoms with van der Waals surface area (Å²) in [7, 11) is 0. The lowest BCUT2D eigenvalue weighted by Crippen LogP contribution is -2.36. The van der Waals surface area contributed by atoms with Crippen LogP contribution < -0.4 is 5.32 Å². The van der Waals surface area contributed by atoms with Crippen molar-refractivity contribution >= 4 is 17.3 Å². The van der Waals surface area contributed by atoms with Crippen LogP contribution >= 0.6 is 0 Å². The molecule has 0 fully saturated rings. The molecule has 4 aromatic carbocycles. The van der Waals surface area contributed by atoms with Gasteiger partial charge in [0.1, 0.15) is 0 Å². The molecule has 0 aliphatic carbocycles. The molecular weight excluding hydrogens is 510 g/mol. The lowest BCUT2D eigenvalue weighted by atomic mass is 9.92. The van der Waals surface area contributed by atoms with Gasteiger partial charge in [-0.3, -0.25) is 0 Å². The van der Waals surface area contributed by atoms with Gasteiger partial charge in [0.15, 0.2) is 0 Å². The van der Waals surface area contributed by atoms with Crippen molar-refractivity contribution in [2.45, 2.75) is 92.2 Å². The molecule has 0 saturated heterocycles. The van der Waals surface area contributed by atoms with Gasteiger partial charge in [0, 0.05) is 18.8 Å². The molecule has 3 heteroatoms. The summed E-state index contributed by atoms with van der Waals surface area (Å²) in [6, 6.07) is 34.9. The summed E-state index contributed by atoms with van der Waals surface area (Å²) < 4.78 is 0. The van der Waals surface area contributed by atoms with Crippen LogP contribution in [0.5, 0.6) is 0 Å². The monoisotopic (exact) mass is 559 g/mol. The third kappa shape index (κ3) is 7.70. The number of rotatable bonds is 10. The third-order valence-electron chi connectivity index (χ3n) is 7.90. The molecular formula is C39H49N3. The fraction of sp³-hybridized carbons (Fsp3) is 0.359. The van der Waals surface area contributed by atoms with E-state index < -0.39 is 0 Å². The second-order valence-corrected chi connectivity index (χ2v) is 12.6. The Hall–Kier alpha value is -3.85. The second kappa shape index (κ2) is 14.4. The van der Waals surface area contributed by atoms with E-state index in [0.29, 0.717) is 23.7 Å². The smallest absolute Gasteiger partial charge is 0.204 e. The average molecular weight is 560 g/mol. The molecule has 3 nitrogen and oxygen atoms in total. The number of guanidine groups is 1. The maximum atomic E-state index is 5.62. The van der Waals surface area contributed by atoms with E-state index in [-0.39, 0.29) is 0 Å². The normalized spacial score (nSPS) is 12.0. The van der Waals surface area contributed by atoms with Crippen LogP contribution in [0.1, 0.15) is 112 Å². The molecule has 4 aromatic rings. The van der Waals surface area contributed by atoms with Crippen LogP contribution in [0.2, 0.25) is 0 Å². The van der Waals surface area contributed by atoms with E-state index in [1.807, 2.05) is 0 Å². The highest BCUT2D eigenvalue weighted by molar-refractivity contribution is 5.97. The highest BCUT2D eigenvalue weighted by Crippen LogP contribution is 2.37. The Morgan fingerprint density at radius 3 is 1.29 bits per heavy atom. The largest absolute Gasteiger partial charge is 0.334 e. The highest BCUT2D eigenvalue weighted by Gasteiger charge is 2.22. The molecule has 0 heterocycles. The minimum atomic E-state index is 0.356. The van der Waals surface area contributed by atoms with E-state index in [1.54, 1.807) is 0 Å². The van der Waals surface area contributed by atoms with Crippen LogP contribution in [0.4, 0.5) is 11.4 Å². The molecule has 0 bridgehead atoms. The van der Waals surface area contributed by atoms with Crippen molar-refractivity contribution in [3.05, 3.63) is 130 Å². The zero-order chi connectivity index (χ0) is 30.2. The Bertz CT molecular complexity index is 1360. The quantitative estimate of drug-likeness (QED) is 0.155. The predicted molar refractivity (Wildman–Crippen MR) is 182 cm³/mol. The van der Waals surface area contributed by atoms with Crippen LogP contribution in [0.15, 0.2) is 102 Å². The van der Waals surface area contributed by atoms with Crippen molar-refractivity contribution < 1.29 is 0 Å². The zero-order valence-electron chi connectivity index (χ0n) is 26.9. The number of hydrogen-bond acceptors (Lipinski definition) is 1. The minimum absolute atomic E-state index is 0.356. The number of para-hydroxylation sites is 2. The van der Waals surface area contributed by atoms with Crippen LogP contribution in [0.25, 0.3) is 0 Å². The first kappa shape index (κ1) is 31.1. The summed E-state index contributed by atoms with van der Waals surface area (Å²) in [5.74, 6) is 2.34. The molecule has 0 aliphatic rings. The van der Waals surface area contributed by atoms with Crippen molar-refractivity contribution in [3.63, 3.8) is 0 Å². The van der Waals surface area contributed by atoms with Crippen LogP contribution in [0, 0.1) is 0 Å². The molecule has 220 valence electrons. The molecule has 0 spiro atoms. The van der Waals surface area contributed by atoms with Gasteiger partial charge >= 0.3 is 0 Å². The van der Waals surface area contributed by atoms with Gasteiger partial charge in [0.25, 0.3) is 0 Å². The Labute approximate surface area is 254 Å². The fourth-order valence-electron chi connectivity index (χ4n) is 5.54. The Morgan fingerprint density at radius 2 is 0.905 bits per heavy atom. The second-order valence-electron chi connectivity index (χ2n) is 12.6. The van der Waals surface area contributed by atoms with Gasteiger partial charge in [-0.05, 0) is 57.1 Å². The van der Waals surface area contributed by atoms with Crippen molar-refractivity contribution in [1.29, 1.82) is 0 Å². The lowest BCUT2D eigenvalue weighted by molar-refractivity contribution is 0.405. The SMILES string of the molecule is CC(C)c1cccc(C(C)C)c1N=C(Nc1c(C(C)C)cccc1C(C)C)N(Cc1ccccc1)Cc1ccccc1. The standard InChI is InChI=1S/C39H49N3/c1-27(2)33-21-15-22-34(28(3)4)37(33)40-39(41-38-35(29(5)6)23-16-24-36(38)30(7)8)42(25-31-17-11-9-12-18-31)26-32-19-13-10-14-20-32/h9-24,27-30H,25-26H2,1-8H3,(H,40,41). The maximum absolute atomic E-state index is 5.62. The summed E-state index contributed by atoms with van der Waals surface area (Å²) in [5, 5.41) is 3.98. The molecule has 0 aromatic heterocycles. The van der Waals surface area contributed by atoms with Gasteiger partial charge in [-0.15, -0.1) is 0 Å². The van der Waals surface area contributed by atoms with Gasteiger partial charge in [-0.25, -0.2) is 4.99 Å². The average Bonchev–Trinajstić information content (AvgIpc) is 2.97. The van der Waals surface area contributed by atoms with Crippen molar-refractivity contribution in [2.24, 2.45) is 4.99 Å². The highest BCUT2D eigenvalue weighted by atomic mass is 15.3. The number of hydrogen-bond donors (Lipinski definition) is 1. The summed E-state index contributed by atoms with van der Waals surface area (Å²) in [5.41, 5.74) is 9.96. The van der Waals surface area contributed by atoms with Crippen LogP contribution in [0.3, 0.4) is 0 Å². The van der Waals surface area contributed by atoms with Gasteiger partial charge in [-0.1, -0.05) is 152 Å². The zero-order valence-corrected chi connectivity index (χ0v) is 26.9. The predicted octanol–water partition coefficient (Wildman–Crippen LogP) is 11.0. The van der Waals surface area contributed by atoms with Gasteiger partial charge in [0.05, 0.1) is 5.69 Å². The summed E-state index contributed by atoms with van der Waals surface area (Å²) in [4.78, 5) is 8.03. The summed E-state index contributed by atoms with van der Waals surface area (Å²) in [6.45, 7) is 19.6. The van der Waals surface area contributed by atoms with Crippen LogP contribution in [-0.4, -0.2) is 10.9 Å². The Morgan fingerprint density at radius 1 is 0.524 bits per heavy atom. The fourth-order valence-corrected chi connectivity index (χ4v) is 5.54.